The summed E-state index contributed by atoms with van der Waals surface area (Å²) in [7, 11) is 0. The first-order chi connectivity index (χ1) is 7.25. The predicted octanol–water partition coefficient (Wildman–Crippen LogP) is 3.80. The molecule has 0 unspecified atom stereocenters. The van der Waals surface area contributed by atoms with Gasteiger partial charge in [-0.3, -0.25) is 0 Å². The number of rotatable bonds is 3. The largest absolute Gasteiger partial charge is 0.472 e. The van der Waals surface area contributed by atoms with Crippen LogP contribution in [-0.4, -0.2) is 0 Å². The van der Waals surface area contributed by atoms with Gasteiger partial charge in [0.15, 0.2) is 0 Å². The predicted molar refractivity (Wildman–Crippen MR) is 69.9 cm³/mol. The van der Waals surface area contributed by atoms with E-state index >= 15 is 0 Å². The second-order valence-corrected chi connectivity index (χ2v) is 4.61. The molecule has 78 valence electrons. The second kappa shape index (κ2) is 4.70. The van der Waals surface area contributed by atoms with E-state index in [4.69, 9.17) is 4.42 Å². The van der Waals surface area contributed by atoms with E-state index in [-0.39, 0.29) is 0 Å². The molecule has 0 bridgehead atoms. The third-order valence-corrected chi connectivity index (χ3v) is 3.41. The van der Waals surface area contributed by atoms with Crippen molar-refractivity contribution in [2.75, 3.05) is 5.32 Å². The SMILES string of the molecule is Cc1ccc(NCc2ccoc2)cc1I. The van der Waals surface area contributed by atoms with Gasteiger partial charge in [0.2, 0.25) is 0 Å². The Morgan fingerprint density at radius 3 is 2.87 bits per heavy atom. The minimum Gasteiger partial charge on any atom is -0.472 e. The van der Waals surface area contributed by atoms with Gasteiger partial charge >= 0.3 is 0 Å². The number of anilines is 1. The van der Waals surface area contributed by atoms with Crippen LogP contribution in [-0.2, 0) is 6.54 Å². The number of aryl methyl sites for hydroxylation is 1. The highest BCUT2D eigenvalue weighted by Gasteiger charge is 1.98. The van der Waals surface area contributed by atoms with Crippen molar-refractivity contribution in [2.45, 2.75) is 13.5 Å². The zero-order valence-corrected chi connectivity index (χ0v) is 10.6. The zero-order chi connectivity index (χ0) is 10.7. The van der Waals surface area contributed by atoms with Gasteiger partial charge in [0.25, 0.3) is 0 Å². The van der Waals surface area contributed by atoms with Gasteiger partial charge in [-0.1, -0.05) is 6.07 Å². The number of halogens is 1. The van der Waals surface area contributed by atoms with Crippen LogP contribution in [0.2, 0.25) is 0 Å². The molecule has 15 heavy (non-hydrogen) atoms. The number of hydrogen-bond donors (Lipinski definition) is 1. The van der Waals surface area contributed by atoms with Gasteiger partial charge in [-0.15, -0.1) is 0 Å². The smallest absolute Gasteiger partial charge is 0.0952 e. The Bertz CT molecular complexity index is 437. The van der Waals surface area contributed by atoms with Crippen LogP contribution >= 0.6 is 22.6 Å². The summed E-state index contributed by atoms with van der Waals surface area (Å²) in [6, 6.07) is 8.33. The Hall–Kier alpha value is -0.970. The van der Waals surface area contributed by atoms with E-state index in [1.807, 2.05) is 6.07 Å². The average molecular weight is 313 g/mol. The van der Waals surface area contributed by atoms with E-state index in [1.54, 1.807) is 12.5 Å². The Morgan fingerprint density at radius 1 is 1.33 bits per heavy atom. The van der Waals surface area contributed by atoms with Crippen molar-refractivity contribution in [1.82, 2.24) is 0 Å². The van der Waals surface area contributed by atoms with Crippen molar-refractivity contribution in [3.8, 4) is 0 Å². The molecule has 0 atom stereocenters. The highest BCUT2D eigenvalue weighted by Crippen LogP contribution is 2.17. The maximum absolute atomic E-state index is 5.00. The molecule has 0 spiro atoms. The molecule has 0 radical (unpaired) electrons. The number of benzene rings is 1. The molecule has 1 heterocycles. The minimum atomic E-state index is 0.801. The van der Waals surface area contributed by atoms with Crippen molar-refractivity contribution in [3.05, 3.63) is 51.5 Å². The number of furan rings is 1. The summed E-state index contributed by atoms with van der Waals surface area (Å²) in [4.78, 5) is 0. The topological polar surface area (TPSA) is 25.2 Å². The molecule has 0 fully saturated rings. The Balaban J connectivity index is 2.02. The standard InChI is InChI=1S/C12H12INO/c1-9-2-3-11(6-12(9)13)14-7-10-4-5-15-8-10/h2-6,8,14H,7H2,1H3. The fraction of sp³-hybridized carbons (Fsp3) is 0.167. The van der Waals surface area contributed by atoms with Crippen LogP contribution in [0.3, 0.4) is 0 Å². The quantitative estimate of drug-likeness (QED) is 0.872. The molecular weight excluding hydrogens is 301 g/mol. The lowest BCUT2D eigenvalue weighted by molar-refractivity contribution is 0.564. The lowest BCUT2D eigenvalue weighted by Crippen LogP contribution is -1.98. The average Bonchev–Trinajstić information content (AvgIpc) is 2.73. The summed E-state index contributed by atoms with van der Waals surface area (Å²) in [5.41, 5.74) is 3.61. The van der Waals surface area contributed by atoms with Crippen LogP contribution in [0.25, 0.3) is 0 Å². The molecule has 3 heteroatoms. The lowest BCUT2D eigenvalue weighted by Gasteiger charge is -2.06. The van der Waals surface area contributed by atoms with Crippen molar-refractivity contribution < 1.29 is 4.42 Å². The van der Waals surface area contributed by atoms with Crippen LogP contribution in [0.5, 0.6) is 0 Å². The molecule has 0 saturated carbocycles. The minimum absolute atomic E-state index is 0.801. The Morgan fingerprint density at radius 2 is 2.20 bits per heavy atom. The van der Waals surface area contributed by atoms with Crippen molar-refractivity contribution in [1.29, 1.82) is 0 Å². The van der Waals surface area contributed by atoms with Gasteiger partial charge in [-0.25, -0.2) is 0 Å². The first-order valence-electron chi connectivity index (χ1n) is 4.77. The van der Waals surface area contributed by atoms with Gasteiger partial charge in [-0.05, 0) is 53.3 Å². The molecule has 0 amide bonds. The van der Waals surface area contributed by atoms with Crippen LogP contribution < -0.4 is 5.32 Å². The van der Waals surface area contributed by atoms with E-state index in [2.05, 4.69) is 53.0 Å². The summed E-state index contributed by atoms with van der Waals surface area (Å²) < 4.78 is 6.29. The van der Waals surface area contributed by atoms with E-state index in [1.165, 1.54) is 9.13 Å². The number of nitrogens with one attached hydrogen (secondary N) is 1. The first kappa shape index (κ1) is 10.5. The van der Waals surface area contributed by atoms with Crippen LogP contribution in [0.4, 0.5) is 5.69 Å². The highest BCUT2D eigenvalue weighted by atomic mass is 127. The Kier molecular flexibility index (Phi) is 3.30. The number of hydrogen-bond acceptors (Lipinski definition) is 2. The molecule has 0 saturated heterocycles. The summed E-state index contributed by atoms with van der Waals surface area (Å²) in [6.07, 6.45) is 3.45. The maximum Gasteiger partial charge on any atom is 0.0952 e. The fourth-order valence-corrected chi connectivity index (χ4v) is 1.82. The van der Waals surface area contributed by atoms with Crippen LogP contribution in [0, 0.1) is 10.5 Å². The normalized spacial score (nSPS) is 10.3. The van der Waals surface area contributed by atoms with Gasteiger partial charge < -0.3 is 9.73 Å². The van der Waals surface area contributed by atoms with Crippen LogP contribution in [0.15, 0.2) is 41.2 Å². The second-order valence-electron chi connectivity index (χ2n) is 3.45. The molecule has 0 aliphatic rings. The first-order valence-corrected chi connectivity index (χ1v) is 5.84. The van der Waals surface area contributed by atoms with E-state index in [0.717, 1.165) is 17.8 Å². The summed E-state index contributed by atoms with van der Waals surface area (Å²) >= 11 is 2.34. The monoisotopic (exact) mass is 313 g/mol. The highest BCUT2D eigenvalue weighted by molar-refractivity contribution is 14.1. The molecule has 1 aromatic carbocycles. The molecule has 2 rings (SSSR count). The van der Waals surface area contributed by atoms with Crippen LogP contribution in [0.1, 0.15) is 11.1 Å². The third-order valence-electron chi connectivity index (χ3n) is 2.25. The molecule has 2 nitrogen and oxygen atoms in total. The van der Waals surface area contributed by atoms with Gasteiger partial charge in [0, 0.05) is 21.4 Å². The molecule has 0 aliphatic heterocycles. The summed E-state index contributed by atoms with van der Waals surface area (Å²) in [5, 5.41) is 3.35. The zero-order valence-electron chi connectivity index (χ0n) is 8.46. The molecule has 2 aromatic rings. The van der Waals surface area contributed by atoms with Crippen molar-refractivity contribution in [2.24, 2.45) is 0 Å². The Labute approximate surface area is 103 Å². The molecule has 1 N–H and O–H groups in total. The van der Waals surface area contributed by atoms with Gasteiger partial charge in [0.05, 0.1) is 12.5 Å². The van der Waals surface area contributed by atoms with Crippen molar-refractivity contribution in [3.63, 3.8) is 0 Å². The lowest BCUT2D eigenvalue weighted by atomic mass is 10.2. The van der Waals surface area contributed by atoms with Gasteiger partial charge in [-0.2, -0.15) is 0 Å². The fourth-order valence-electron chi connectivity index (χ4n) is 1.30. The van der Waals surface area contributed by atoms with E-state index in [0.29, 0.717) is 0 Å². The molecule has 1 aromatic heterocycles. The molecule has 0 aliphatic carbocycles. The van der Waals surface area contributed by atoms with Gasteiger partial charge in [0.1, 0.15) is 0 Å². The van der Waals surface area contributed by atoms with E-state index in [9.17, 15) is 0 Å². The maximum atomic E-state index is 5.00. The molecular formula is C12H12INO. The van der Waals surface area contributed by atoms with E-state index < -0.39 is 0 Å². The summed E-state index contributed by atoms with van der Waals surface area (Å²) in [6.45, 7) is 2.91. The third kappa shape index (κ3) is 2.75. The summed E-state index contributed by atoms with van der Waals surface area (Å²) in [5.74, 6) is 0. The van der Waals surface area contributed by atoms with Crippen molar-refractivity contribution >= 4 is 28.3 Å².